The van der Waals surface area contributed by atoms with Crippen molar-refractivity contribution < 1.29 is 32.3 Å². The zero-order valence-electron chi connectivity index (χ0n) is 29.9. The minimum atomic E-state index is -4.22. The molecule has 0 fully saturated rings. The number of sulfonamides is 1. The van der Waals surface area contributed by atoms with E-state index in [0.717, 1.165) is 63.0 Å². The Morgan fingerprint density at radius 2 is 1.73 bits per heavy atom. The molecule has 2 amide bonds. The zero-order valence-corrected chi connectivity index (χ0v) is 30.7. The summed E-state index contributed by atoms with van der Waals surface area (Å²) in [6, 6.07) is 13.1. The molecule has 4 rings (SSSR count). The lowest BCUT2D eigenvalue weighted by Gasteiger charge is -2.20. The van der Waals surface area contributed by atoms with E-state index in [0.29, 0.717) is 48.4 Å². The molecule has 1 aliphatic heterocycles. The smallest absolute Gasteiger partial charge is 0.325 e. The molecule has 1 atom stereocenters. The van der Waals surface area contributed by atoms with E-state index in [4.69, 9.17) is 14.5 Å². The summed E-state index contributed by atoms with van der Waals surface area (Å²) in [6.07, 6.45) is 4.46. The molecule has 2 heterocycles. The van der Waals surface area contributed by atoms with E-state index in [1.54, 1.807) is 38.1 Å². The van der Waals surface area contributed by atoms with Crippen molar-refractivity contribution in [3.05, 3.63) is 82.0 Å². The van der Waals surface area contributed by atoms with Crippen LogP contribution in [0.4, 0.5) is 5.82 Å². The topological polar surface area (TPSA) is 177 Å². The molecule has 14 heteroatoms. The fourth-order valence-corrected chi connectivity index (χ4v) is 7.50. The quantitative estimate of drug-likeness (QED) is 0.0914. The van der Waals surface area contributed by atoms with E-state index < -0.39 is 27.9 Å². The Bertz CT molecular complexity index is 1740. The van der Waals surface area contributed by atoms with E-state index >= 15 is 0 Å². The van der Waals surface area contributed by atoms with Crippen LogP contribution in [-0.4, -0.2) is 83.7 Å². The number of nitrogens with zero attached hydrogens (tertiary/aromatic N) is 1. The average molecular weight is 723 g/mol. The van der Waals surface area contributed by atoms with Gasteiger partial charge in [0, 0.05) is 43.9 Å². The largest absolute Gasteiger partial charge is 0.494 e. The number of carbonyl (C=O) groups excluding carboxylic acids is 3. The highest BCUT2D eigenvalue weighted by atomic mass is 32.2. The van der Waals surface area contributed by atoms with Gasteiger partial charge >= 0.3 is 5.97 Å². The number of esters is 1. The molecule has 0 aliphatic carbocycles. The Balaban J connectivity index is 1.29. The molecule has 1 aliphatic rings. The number of methoxy groups -OCH3 is 1. The Morgan fingerprint density at radius 3 is 2.43 bits per heavy atom. The SMILES string of the molecule is CCNCCNC(=O)CCCOc1cc(C)c(S(=O)(=O)N[C@@H](CNC(=O)c2ccc(CCc3ccc4c(n3)NCCC4)cc2)C(=O)OC)c(C)c1. The molecule has 0 saturated carbocycles. The molecule has 0 bridgehead atoms. The number of hydrogen-bond donors (Lipinski definition) is 5. The number of aromatic nitrogens is 1. The van der Waals surface area contributed by atoms with Crippen LogP contribution in [0.1, 0.15) is 64.5 Å². The summed E-state index contributed by atoms with van der Waals surface area (Å²) in [5, 5.41) is 12.0. The number of amides is 2. The summed E-state index contributed by atoms with van der Waals surface area (Å²) >= 11 is 0. The van der Waals surface area contributed by atoms with Gasteiger partial charge in [0.2, 0.25) is 15.9 Å². The lowest BCUT2D eigenvalue weighted by atomic mass is 10.0. The van der Waals surface area contributed by atoms with E-state index in [2.05, 4.69) is 38.1 Å². The highest BCUT2D eigenvalue weighted by Gasteiger charge is 2.29. The van der Waals surface area contributed by atoms with Crippen molar-refractivity contribution in [3.63, 3.8) is 0 Å². The van der Waals surface area contributed by atoms with Gasteiger partial charge in [-0.1, -0.05) is 25.1 Å². The molecule has 0 unspecified atom stereocenters. The molecule has 51 heavy (non-hydrogen) atoms. The molecule has 5 N–H and O–H groups in total. The van der Waals surface area contributed by atoms with Crippen LogP contribution in [0.5, 0.6) is 5.75 Å². The number of benzene rings is 2. The maximum absolute atomic E-state index is 13.5. The summed E-state index contributed by atoms with van der Waals surface area (Å²) in [6.45, 7) is 8.25. The van der Waals surface area contributed by atoms with Crippen LogP contribution >= 0.6 is 0 Å². The van der Waals surface area contributed by atoms with Gasteiger partial charge in [-0.15, -0.1) is 0 Å². The van der Waals surface area contributed by atoms with Crippen molar-refractivity contribution >= 4 is 33.6 Å². The number of aryl methyl sites for hydroxylation is 5. The zero-order chi connectivity index (χ0) is 36.8. The van der Waals surface area contributed by atoms with Crippen molar-refractivity contribution in [1.29, 1.82) is 0 Å². The van der Waals surface area contributed by atoms with Crippen LogP contribution in [0.2, 0.25) is 0 Å². The third-order valence-corrected chi connectivity index (χ3v) is 10.3. The van der Waals surface area contributed by atoms with Gasteiger partial charge in [-0.05, 0) is 105 Å². The lowest BCUT2D eigenvalue weighted by molar-refractivity contribution is -0.142. The molecule has 2 aromatic carbocycles. The Hall–Kier alpha value is -4.53. The third-order valence-electron chi connectivity index (χ3n) is 8.48. The summed E-state index contributed by atoms with van der Waals surface area (Å²) < 4.78 is 40.1. The Morgan fingerprint density at radius 1 is 0.980 bits per heavy atom. The summed E-state index contributed by atoms with van der Waals surface area (Å²) in [5.41, 5.74) is 4.47. The molecular formula is C37H50N6O7S. The number of fused-ring (bicyclic) bond motifs is 1. The van der Waals surface area contributed by atoms with Gasteiger partial charge in [0.25, 0.3) is 5.91 Å². The second-order valence-corrected chi connectivity index (χ2v) is 14.1. The molecule has 0 spiro atoms. The van der Waals surface area contributed by atoms with Crippen LogP contribution in [0.15, 0.2) is 53.4 Å². The molecule has 0 radical (unpaired) electrons. The molecule has 0 saturated heterocycles. The van der Waals surface area contributed by atoms with Crippen molar-refractivity contribution in [2.75, 3.05) is 51.8 Å². The highest BCUT2D eigenvalue weighted by molar-refractivity contribution is 7.89. The minimum absolute atomic E-state index is 0.00687. The standard InChI is InChI=1S/C37H50N6O7S/c1-5-38-19-20-39-33(44)9-7-21-50-31-22-25(2)34(26(3)23-31)51(47,48)43-32(37(46)49-4)24-41-36(45)29-13-10-27(11-14-29)12-16-30-17-15-28-8-6-18-40-35(28)42-30/h10-11,13-15,17,22-23,32,38,43H,5-9,12,16,18-21,24H2,1-4H3,(H,39,44)(H,40,42)(H,41,45)/t32-/m0/s1. The minimum Gasteiger partial charge on any atom is -0.494 e. The summed E-state index contributed by atoms with van der Waals surface area (Å²) in [7, 11) is -3.07. The molecule has 13 nitrogen and oxygen atoms in total. The number of carbonyl (C=O) groups is 3. The third kappa shape index (κ3) is 11.8. The van der Waals surface area contributed by atoms with Gasteiger partial charge in [0.05, 0.1) is 18.6 Å². The number of rotatable bonds is 19. The van der Waals surface area contributed by atoms with Gasteiger partial charge in [-0.25, -0.2) is 13.4 Å². The van der Waals surface area contributed by atoms with E-state index in [-0.39, 0.29) is 24.0 Å². The van der Waals surface area contributed by atoms with Gasteiger partial charge in [-0.3, -0.25) is 14.4 Å². The van der Waals surface area contributed by atoms with Crippen LogP contribution in [-0.2, 0) is 43.6 Å². The van der Waals surface area contributed by atoms with Crippen molar-refractivity contribution in [2.24, 2.45) is 0 Å². The highest BCUT2D eigenvalue weighted by Crippen LogP contribution is 2.26. The molecule has 1 aromatic heterocycles. The number of pyridine rings is 1. The van der Waals surface area contributed by atoms with Crippen molar-refractivity contribution in [2.45, 2.75) is 70.2 Å². The Labute approximate surface area is 300 Å². The predicted octanol–water partition coefficient (Wildman–Crippen LogP) is 2.98. The number of ether oxygens (including phenoxy) is 2. The van der Waals surface area contributed by atoms with Crippen LogP contribution in [0.3, 0.4) is 0 Å². The normalized spacial score (nSPS) is 13.0. The summed E-state index contributed by atoms with van der Waals surface area (Å²) in [5.74, 6) is 0.0617. The van der Waals surface area contributed by atoms with E-state index in [9.17, 15) is 22.8 Å². The molecular weight excluding hydrogens is 673 g/mol. The second kappa shape index (κ2) is 19.2. The first-order valence-electron chi connectivity index (χ1n) is 17.4. The van der Waals surface area contributed by atoms with Crippen LogP contribution < -0.4 is 30.7 Å². The van der Waals surface area contributed by atoms with Crippen LogP contribution in [0, 0.1) is 13.8 Å². The monoisotopic (exact) mass is 722 g/mol. The van der Waals surface area contributed by atoms with Crippen molar-refractivity contribution in [3.8, 4) is 5.75 Å². The average Bonchev–Trinajstić information content (AvgIpc) is 3.12. The maximum Gasteiger partial charge on any atom is 0.325 e. The number of likely N-dealkylation sites (N-methyl/N-ethyl adjacent to an activating group) is 1. The maximum atomic E-state index is 13.5. The fourth-order valence-electron chi connectivity index (χ4n) is 5.86. The number of anilines is 1. The van der Waals surface area contributed by atoms with Gasteiger partial charge in [0.1, 0.15) is 17.6 Å². The first-order valence-corrected chi connectivity index (χ1v) is 18.9. The number of nitrogens with one attached hydrogen (secondary N) is 5. The second-order valence-electron chi connectivity index (χ2n) is 12.5. The van der Waals surface area contributed by atoms with E-state index in [1.165, 1.54) is 5.56 Å². The predicted molar refractivity (Wildman–Crippen MR) is 196 cm³/mol. The van der Waals surface area contributed by atoms with Crippen molar-refractivity contribution in [1.82, 2.24) is 25.7 Å². The van der Waals surface area contributed by atoms with Gasteiger partial charge < -0.3 is 30.7 Å². The summed E-state index contributed by atoms with van der Waals surface area (Å²) in [4.78, 5) is 42.3. The first kappa shape index (κ1) is 39.3. The van der Waals surface area contributed by atoms with Crippen LogP contribution in [0.25, 0.3) is 0 Å². The molecule has 3 aromatic rings. The van der Waals surface area contributed by atoms with E-state index in [1.807, 2.05) is 19.1 Å². The molecule has 276 valence electrons. The first-order chi connectivity index (χ1) is 24.5. The van der Waals surface area contributed by atoms with Gasteiger partial charge in [0.15, 0.2) is 0 Å². The fraction of sp³-hybridized carbons (Fsp3) is 0.459. The van der Waals surface area contributed by atoms with Gasteiger partial charge in [-0.2, -0.15) is 4.72 Å². The Kier molecular flexibility index (Phi) is 14.8. The lowest BCUT2D eigenvalue weighted by Crippen LogP contribution is -2.49. The number of hydrogen-bond acceptors (Lipinski definition) is 10.